The monoisotopic (exact) mass is 565 g/mol. The van der Waals surface area contributed by atoms with Crippen molar-refractivity contribution in [2.45, 2.75) is 74.6 Å². The molecule has 3 aliphatic rings. The minimum atomic E-state index is -0.823. The summed E-state index contributed by atoms with van der Waals surface area (Å²) in [6.45, 7) is 9.91. The van der Waals surface area contributed by atoms with Gasteiger partial charge in [-0.15, -0.1) is 11.8 Å². The number of hydrogen-bond acceptors (Lipinski definition) is 6. The minimum Gasteiger partial charge on any atom is -0.494 e. The number of benzene rings is 2. The summed E-state index contributed by atoms with van der Waals surface area (Å²) in [5.74, 6) is -1.33. The normalized spacial score (nSPS) is 29.7. The number of rotatable bonds is 8. The van der Waals surface area contributed by atoms with E-state index in [-0.39, 0.29) is 24.3 Å². The Labute approximate surface area is 240 Å². The van der Waals surface area contributed by atoms with Crippen LogP contribution in [-0.4, -0.2) is 62.0 Å². The zero-order valence-corrected chi connectivity index (χ0v) is 24.6. The van der Waals surface area contributed by atoms with Gasteiger partial charge in [-0.1, -0.05) is 30.3 Å². The van der Waals surface area contributed by atoms with Crippen LogP contribution >= 0.6 is 11.8 Å². The van der Waals surface area contributed by atoms with Crippen LogP contribution in [0, 0.1) is 11.8 Å². The molecular formula is C31H39N3O5S. The summed E-state index contributed by atoms with van der Waals surface area (Å²) in [6, 6.07) is 15.0. The van der Waals surface area contributed by atoms with Gasteiger partial charge in [0.25, 0.3) is 0 Å². The van der Waals surface area contributed by atoms with Gasteiger partial charge in [0, 0.05) is 16.0 Å². The first-order chi connectivity index (χ1) is 18.9. The highest BCUT2D eigenvalue weighted by atomic mass is 32.2. The average Bonchev–Trinajstić information content (AvgIpc) is 3.46. The van der Waals surface area contributed by atoms with Gasteiger partial charge in [0.05, 0.1) is 35.8 Å². The van der Waals surface area contributed by atoms with Crippen LogP contribution in [0.2, 0.25) is 0 Å². The number of thioether (sulfide) groups is 1. The Morgan fingerprint density at radius 1 is 1.10 bits per heavy atom. The third kappa shape index (κ3) is 4.77. The Bertz CT molecular complexity index is 1280. The van der Waals surface area contributed by atoms with Crippen LogP contribution in [0.5, 0.6) is 5.75 Å². The van der Waals surface area contributed by atoms with E-state index in [1.54, 1.807) is 40.9 Å². The van der Waals surface area contributed by atoms with Gasteiger partial charge in [0.2, 0.25) is 17.7 Å². The predicted octanol–water partition coefficient (Wildman–Crippen LogP) is 4.15. The van der Waals surface area contributed by atoms with Crippen LogP contribution in [0.3, 0.4) is 0 Å². The molecule has 8 nitrogen and oxygen atoms in total. The molecule has 3 saturated heterocycles. The van der Waals surface area contributed by atoms with Crippen LogP contribution in [0.15, 0.2) is 54.6 Å². The maximum absolute atomic E-state index is 14.5. The molecule has 0 aromatic heterocycles. The van der Waals surface area contributed by atoms with Gasteiger partial charge in [0.15, 0.2) is 0 Å². The number of hydrogen-bond donors (Lipinski definition) is 3. The van der Waals surface area contributed by atoms with Crippen LogP contribution in [0.25, 0.3) is 0 Å². The number of nitrogens with zero attached hydrogens (tertiary/aromatic N) is 1. The number of aliphatic hydroxyl groups is 1. The molecule has 2 unspecified atom stereocenters. The van der Waals surface area contributed by atoms with Crippen LogP contribution < -0.4 is 15.4 Å². The second-order valence-electron chi connectivity index (χ2n) is 12.3. The fourth-order valence-electron chi connectivity index (χ4n) is 6.89. The Kier molecular flexibility index (Phi) is 7.42. The molecule has 9 heteroatoms. The van der Waals surface area contributed by atoms with E-state index >= 15 is 0 Å². The number of ether oxygens (including phenoxy) is 1. The molecule has 2 bridgehead atoms. The molecule has 2 aromatic carbocycles. The summed E-state index contributed by atoms with van der Waals surface area (Å²) in [4.78, 5) is 44.0. The summed E-state index contributed by atoms with van der Waals surface area (Å²) in [5.41, 5.74) is 0.863. The first-order valence-electron chi connectivity index (χ1n) is 14.0. The molecule has 2 aromatic rings. The van der Waals surface area contributed by atoms with Crippen molar-refractivity contribution in [1.82, 2.24) is 10.2 Å². The number of aliphatic hydroxyl groups excluding tert-OH is 1. The van der Waals surface area contributed by atoms with Gasteiger partial charge >= 0.3 is 0 Å². The smallest absolute Gasteiger partial charge is 0.244 e. The Hall–Kier alpha value is -3.04. The van der Waals surface area contributed by atoms with E-state index in [0.717, 1.165) is 5.56 Å². The highest BCUT2D eigenvalue weighted by Crippen LogP contribution is 2.72. The zero-order valence-electron chi connectivity index (χ0n) is 23.8. The Morgan fingerprint density at radius 2 is 1.77 bits per heavy atom. The molecule has 3 amide bonds. The lowest BCUT2D eigenvalue weighted by molar-refractivity contribution is -0.143. The molecule has 3 fully saturated rings. The predicted molar refractivity (Wildman–Crippen MR) is 156 cm³/mol. The van der Waals surface area contributed by atoms with Crippen LogP contribution in [0.4, 0.5) is 5.69 Å². The average molecular weight is 566 g/mol. The third-order valence-corrected chi connectivity index (χ3v) is 10.4. The van der Waals surface area contributed by atoms with Crippen molar-refractivity contribution in [3.05, 3.63) is 60.2 Å². The van der Waals surface area contributed by atoms with Crippen molar-refractivity contribution in [2.75, 3.05) is 18.5 Å². The molecule has 5 rings (SSSR count). The number of amides is 3. The fourth-order valence-corrected chi connectivity index (χ4v) is 9.23. The van der Waals surface area contributed by atoms with Crippen molar-refractivity contribution in [3.8, 4) is 5.75 Å². The molecule has 0 saturated carbocycles. The number of anilines is 1. The minimum absolute atomic E-state index is 0.226. The summed E-state index contributed by atoms with van der Waals surface area (Å²) in [6.07, 6.45) is 1.36. The zero-order chi connectivity index (χ0) is 28.9. The lowest BCUT2D eigenvalue weighted by Gasteiger charge is -2.38. The molecule has 1 spiro atoms. The number of carbonyl (C=O) groups excluding carboxylic acids is 3. The third-order valence-electron chi connectivity index (χ3n) is 8.37. The molecule has 0 radical (unpaired) electrons. The molecule has 0 aliphatic carbocycles. The van der Waals surface area contributed by atoms with Crippen molar-refractivity contribution in [1.29, 1.82) is 0 Å². The van der Waals surface area contributed by atoms with E-state index in [9.17, 15) is 19.5 Å². The second-order valence-corrected chi connectivity index (χ2v) is 14.2. The van der Waals surface area contributed by atoms with E-state index < -0.39 is 39.0 Å². The van der Waals surface area contributed by atoms with E-state index in [1.807, 2.05) is 65.0 Å². The molecule has 3 aliphatic heterocycles. The SMILES string of the molecule is CCOc1ccc(NC(=O)[C@H]2[C@H]3C(=O)N([C@H](CO)c4ccccc4)C(C(=O)NC(C)(C)C)C34CC[C@]2(C)S4)cc1. The van der Waals surface area contributed by atoms with Gasteiger partial charge in [0.1, 0.15) is 11.8 Å². The van der Waals surface area contributed by atoms with E-state index in [1.165, 1.54) is 0 Å². The van der Waals surface area contributed by atoms with Crippen molar-refractivity contribution in [3.63, 3.8) is 0 Å². The van der Waals surface area contributed by atoms with Gasteiger partial charge < -0.3 is 25.4 Å². The van der Waals surface area contributed by atoms with Crippen LogP contribution in [0.1, 0.15) is 59.1 Å². The van der Waals surface area contributed by atoms with Crippen molar-refractivity contribution >= 4 is 35.2 Å². The van der Waals surface area contributed by atoms with Gasteiger partial charge in [-0.25, -0.2) is 0 Å². The largest absolute Gasteiger partial charge is 0.494 e. The lowest BCUT2D eigenvalue weighted by Crippen LogP contribution is -2.57. The lowest BCUT2D eigenvalue weighted by atomic mass is 9.66. The molecule has 40 heavy (non-hydrogen) atoms. The van der Waals surface area contributed by atoms with Crippen molar-refractivity contribution in [2.24, 2.45) is 11.8 Å². The summed E-state index contributed by atoms with van der Waals surface area (Å²) in [5, 5.41) is 16.7. The first kappa shape index (κ1) is 28.5. The summed E-state index contributed by atoms with van der Waals surface area (Å²) in [7, 11) is 0. The van der Waals surface area contributed by atoms with E-state index in [0.29, 0.717) is 30.9 Å². The van der Waals surface area contributed by atoms with Gasteiger partial charge in [-0.05, 0) is 77.3 Å². The van der Waals surface area contributed by atoms with Gasteiger partial charge in [-0.2, -0.15) is 0 Å². The molecule has 6 atom stereocenters. The maximum Gasteiger partial charge on any atom is 0.244 e. The number of carbonyl (C=O) groups is 3. The fraction of sp³-hybridized carbons (Fsp3) is 0.516. The number of nitrogens with one attached hydrogen (secondary N) is 2. The van der Waals surface area contributed by atoms with Crippen LogP contribution in [-0.2, 0) is 14.4 Å². The molecule has 214 valence electrons. The van der Waals surface area contributed by atoms with Crippen molar-refractivity contribution < 1.29 is 24.2 Å². The summed E-state index contributed by atoms with van der Waals surface area (Å²) >= 11 is 1.62. The topological polar surface area (TPSA) is 108 Å². The second kappa shape index (κ2) is 10.4. The molecule has 3 heterocycles. The first-order valence-corrected chi connectivity index (χ1v) is 14.8. The Morgan fingerprint density at radius 3 is 2.38 bits per heavy atom. The molecular weight excluding hydrogens is 526 g/mol. The number of fused-ring (bicyclic) bond motifs is 1. The highest BCUT2D eigenvalue weighted by molar-refractivity contribution is 8.02. The van der Waals surface area contributed by atoms with Gasteiger partial charge in [-0.3, -0.25) is 14.4 Å². The molecule has 3 N–H and O–H groups in total. The maximum atomic E-state index is 14.5. The number of likely N-dealkylation sites (tertiary alicyclic amines) is 1. The standard InChI is InChI=1S/C31H39N3O5S/c1-6-39-21-14-12-20(13-15-21)32-26(36)23-24-28(38)34(22(18-35)19-10-8-7-9-11-19)25(27(37)33-29(2,3)4)31(24)17-16-30(23,5)40-31/h7-15,22-25,35H,6,16-18H2,1-5H3,(H,32,36)(H,33,37)/t22-,23-,24+,25?,30+,31?/m1/s1. The van der Waals surface area contributed by atoms with E-state index in [4.69, 9.17) is 4.74 Å². The Balaban J connectivity index is 1.54. The van der Waals surface area contributed by atoms with E-state index in [2.05, 4.69) is 10.6 Å². The quantitative estimate of drug-likeness (QED) is 0.444. The summed E-state index contributed by atoms with van der Waals surface area (Å²) < 4.78 is 4.25. The highest BCUT2D eigenvalue weighted by Gasteiger charge is 2.77.